The number of phenols is 3. The van der Waals surface area contributed by atoms with E-state index in [-0.39, 0.29) is 28.7 Å². The number of aromatic hydroxyl groups is 3. The molecule has 4 N–H and O–H groups in total. The predicted octanol–water partition coefficient (Wildman–Crippen LogP) is 10.3. The van der Waals surface area contributed by atoms with Crippen molar-refractivity contribution in [3.63, 3.8) is 0 Å². The molecule has 0 fully saturated rings. The molecule has 238 valence electrons. The molecule has 0 aromatic heterocycles. The number of anilines is 1. The number of hydrogen-bond donors (Lipinski definition) is 4. The fourth-order valence-electron chi connectivity index (χ4n) is 5.23. The highest BCUT2D eigenvalue weighted by Crippen LogP contribution is 2.60. The summed E-state index contributed by atoms with van der Waals surface area (Å²) in [5.41, 5.74) is 2.16. The average molecular weight is 1210 g/mol. The standard InChI is InChI=1S/C20H8I4O5.C13H9Br2NO2/c21-11-5-9-17(13(23)15(11)25)28-18-10(6-12(22)16(26)14(18)24)20(9)8-4-2-1-3-7(8)19(27)29-20;14-8-6-10(12(17)11(15)7-8)13(18)16-9-4-2-1-3-5-9/h1-6,25-26H;1-7,17H,(H,16,18). The van der Waals surface area contributed by atoms with E-state index in [4.69, 9.17) is 9.47 Å². The largest absolute Gasteiger partial charge is 0.506 e. The van der Waals surface area contributed by atoms with Crippen LogP contribution >= 0.6 is 122 Å². The number of carbonyl (C=O) groups excluding carboxylic acids is 2. The quantitative estimate of drug-likeness (QED) is 0.103. The minimum Gasteiger partial charge on any atom is -0.506 e. The van der Waals surface area contributed by atoms with E-state index in [9.17, 15) is 24.9 Å². The number of halogens is 6. The van der Waals surface area contributed by atoms with Gasteiger partial charge in [0.05, 0.1) is 41.0 Å². The molecule has 2 aliphatic heterocycles. The lowest BCUT2D eigenvalue weighted by atomic mass is 9.77. The number of para-hydroxylation sites is 1. The summed E-state index contributed by atoms with van der Waals surface area (Å²) >= 11 is 14.6. The van der Waals surface area contributed by atoms with Crippen LogP contribution in [-0.4, -0.2) is 27.2 Å². The maximum atomic E-state index is 12.9. The molecule has 2 heterocycles. The van der Waals surface area contributed by atoms with Gasteiger partial charge in [-0.15, -0.1) is 0 Å². The highest BCUT2D eigenvalue weighted by atomic mass is 127. The van der Waals surface area contributed by atoms with Gasteiger partial charge in [0.1, 0.15) is 17.2 Å². The van der Waals surface area contributed by atoms with Crippen LogP contribution in [0, 0.1) is 14.3 Å². The first kappa shape index (κ1) is 35.0. The number of hydrogen-bond acceptors (Lipinski definition) is 7. The van der Waals surface area contributed by atoms with Crippen molar-refractivity contribution >= 4 is 140 Å². The van der Waals surface area contributed by atoms with Crippen LogP contribution in [0.4, 0.5) is 5.69 Å². The lowest BCUT2D eigenvalue weighted by molar-refractivity contribution is 0.0222. The van der Waals surface area contributed by atoms with Crippen LogP contribution in [0.1, 0.15) is 37.4 Å². The van der Waals surface area contributed by atoms with Crippen molar-refractivity contribution in [1.82, 2.24) is 0 Å². The minimum atomic E-state index is -1.22. The molecule has 8 nitrogen and oxygen atoms in total. The molecule has 0 saturated heterocycles. The van der Waals surface area contributed by atoms with Gasteiger partial charge in [0.15, 0.2) is 17.1 Å². The predicted molar refractivity (Wildman–Crippen MR) is 217 cm³/mol. The Labute approximate surface area is 339 Å². The summed E-state index contributed by atoms with van der Waals surface area (Å²) in [6.07, 6.45) is 0. The summed E-state index contributed by atoms with van der Waals surface area (Å²) in [7, 11) is 0. The van der Waals surface area contributed by atoms with E-state index in [1.807, 2.05) is 75.5 Å². The molecule has 0 aliphatic carbocycles. The molecule has 0 radical (unpaired) electrons. The van der Waals surface area contributed by atoms with Crippen molar-refractivity contribution in [3.8, 4) is 28.7 Å². The van der Waals surface area contributed by atoms with Crippen LogP contribution in [0.5, 0.6) is 28.7 Å². The van der Waals surface area contributed by atoms with Gasteiger partial charge < -0.3 is 30.1 Å². The Morgan fingerprint density at radius 2 is 1.28 bits per heavy atom. The molecule has 0 bridgehead atoms. The van der Waals surface area contributed by atoms with Crippen molar-refractivity contribution in [2.24, 2.45) is 0 Å². The van der Waals surface area contributed by atoms with Gasteiger partial charge in [-0.05, 0) is 149 Å². The van der Waals surface area contributed by atoms with Gasteiger partial charge in [0.25, 0.3) is 5.91 Å². The number of fused-ring (bicyclic) bond motifs is 6. The van der Waals surface area contributed by atoms with Gasteiger partial charge in [-0.2, -0.15) is 0 Å². The lowest BCUT2D eigenvalue weighted by Crippen LogP contribution is -2.34. The minimum absolute atomic E-state index is 0.0772. The van der Waals surface area contributed by atoms with Crippen LogP contribution < -0.4 is 10.1 Å². The second kappa shape index (κ2) is 13.8. The van der Waals surface area contributed by atoms with Gasteiger partial charge in [0.2, 0.25) is 0 Å². The zero-order chi connectivity index (χ0) is 33.8. The molecule has 2 aliphatic rings. The molecule has 0 unspecified atom stereocenters. The molecule has 1 spiro atoms. The molecular weight excluding hydrogens is 1190 g/mol. The van der Waals surface area contributed by atoms with Crippen molar-refractivity contribution in [3.05, 3.63) is 130 Å². The highest BCUT2D eigenvalue weighted by molar-refractivity contribution is 14.1. The normalized spacial score (nSPS) is 13.4. The van der Waals surface area contributed by atoms with Crippen LogP contribution in [-0.2, 0) is 10.3 Å². The highest BCUT2D eigenvalue weighted by Gasteiger charge is 2.55. The Morgan fingerprint density at radius 1 is 0.723 bits per heavy atom. The van der Waals surface area contributed by atoms with Gasteiger partial charge >= 0.3 is 5.97 Å². The third kappa shape index (κ3) is 6.23. The topological polar surface area (TPSA) is 125 Å². The smallest absolute Gasteiger partial charge is 0.340 e. The number of esters is 1. The monoisotopic (exact) mass is 1200 g/mol. The van der Waals surface area contributed by atoms with Crippen LogP contribution in [0.25, 0.3) is 0 Å². The third-order valence-corrected chi connectivity index (χ3v) is 12.0. The Balaban J connectivity index is 0.000000185. The van der Waals surface area contributed by atoms with Crippen molar-refractivity contribution in [2.75, 3.05) is 5.32 Å². The third-order valence-electron chi connectivity index (χ3n) is 7.34. The molecule has 7 rings (SSSR count). The molecule has 14 heteroatoms. The number of phenolic OH excluding ortho intramolecular Hbond substituents is 3. The van der Waals surface area contributed by atoms with Gasteiger partial charge in [-0.1, -0.05) is 52.3 Å². The van der Waals surface area contributed by atoms with E-state index in [0.717, 1.165) is 0 Å². The summed E-state index contributed by atoms with van der Waals surface area (Å²) in [5, 5.41) is 33.6. The number of carbonyl (C=O) groups is 2. The number of amides is 1. The first-order valence-electron chi connectivity index (χ1n) is 13.3. The summed E-state index contributed by atoms with van der Waals surface area (Å²) < 4.78 is 15.8. The molecule has 1 amide bonds. The number of rotatable bonds is 2. The summed E-state index contributed by atoms with van der Waals surface area (Å²) in [6, 6.07) is 23.2. The van der Waals surface area contributed by atoms with Crippen LogP contribution in [0.2, 0.25) is 0 Å². The second-order valence-electron chi connectivity index (χ2n) is 10.1. The Bertz CT molecular complexity index is 2070. The van der Waals surface area contributed by atoms with Crippen molar-refractivity contribution in [1.29, 1.82) is 0 Å². The molecule has 5 aromatic carbocycles. The fourth-order valence-corrected chi connectivity index (χ4v) is 10.0. The number of ether oxygens (including phenoxy) is 2. The van der Waals surface area contributed by atoms with E-state index in [0.29, 0.717) is 62.7 Å². The van der Waals surface area contributed by atoms with Crippen LogP contribution in [0.15, 0.2) is 87.8 Å². The summed E-state index contributed by atoms with van der Waals surface area (Å²) in [6.45, 7) is 0. The number of nitrogens with one attached hydrogen (secondary N) is 1. The number of benzene rings is 5. The molecule has 5 aromatic rings. The van der Waals surface area contributed by atoms with Crippen molar-refractivity contribution < 1.29 is 34.4 Å². The molecule has 0 saturated carbocycles. The van der Waals surface area contributed by atoms with Crippen LogP contribution in [0.3, 0.4) is 0 Å². The summed E-state index contributed by atoms with van der Waals surface area (Å²) in [5.74, 6) is 0.179. The van der Waals surface area contributed by atoms with Crippen molar-refractivity contribution in [2.45, 2.75) is 5.60 Å². The maximum absolute atomic E-state index is 12.9. The summed E-state index contributed by atoms with van der Waals surface area (Å²) in [4.78, 5) is 24.9. The Morgan fingerprint density at radius 3 is 1.87 bits per heavy atom. The van der Waals surface area contributed by atoms with Gasteiger partial charge in [0, 0.05) is 15.7 Å². The first-order valence-corrected chi connectivity index (χ1v) is 19.2. The van der Waals surface area contributed by atoms with E-state index in [1.165, 1.54) is 0 Å². The van der Waals surface area contributed by atoms with E-state index < -0.39 is 11.6 Å². The zero-order valence-electron chi connectivity index (χ0n) is 23.2. The van der Waals surface area contributed by atoms with E-state index in [1.54, 1.807) is 48.5 Å². The second-order valence-corrected chi connectivity index (χ2v) is 16.4. The first-order chi connectivity index (χ1) is 22.3. The SMILES string of the molecule is O=C(Nc1ccccc1)c1cc(Br)cc(Br)c1O.O=C1OC2(c3ccccc31)c1cc(I)c(O)c(I)c1Oc1c2cc(I)c(O)c1I. The fraction of sp³-hybridized carbons (Fsp3) is 0.0303. The van der Waals surface area contributed by atoms with E-state index in [2.05, 4.69) is 82.4 Å². The zero-order valence-corrected chi connectivity index (χ0v) is 35.0. The lowest BCUT2D eigenvalue weighted by Gasteiger charge is -2.37. The maximum Gasteiger partial charge on any atom is 0.340 e. The Hall–Kier alpha value is -1.88. The molecule has 47 heavy (non-hydrogen) atoms. The average Bonchev–Trinajstić information content (AvgIpc) is 3.35. The Kier molecular flexibility index (Phi) is 10.3. The molecule has 0 atom stereocenters. The molecular formula is C33H17Br2I4NO7. The van der Waals surface area contributed by atoms with E-state index >= 15 is 0 Å². The van der Waals surface area contributed by atoms with Gasteiger partial charge in [-0.25, -0.2) is 4.79 Å². The van der Waals surface area contributed by atoms with Gasteiger partial charge in [-0.3, -0.25) is 4.79 Å².